The van der Waals surface area contributed by atoms with E-state index in [1.54, 1.807) is 30.3 Å². The van der Waals surface area contributed by atoms with Crippen LogP contribution >= 0.6 is 11.6 Å². The summed E-state index contributed by atoms with van der Waals surface area (Å²) in [5, 5.41) is 12.3. The van der Waals surface area contributed by atoms with Crippen molar-refractivity contribution in [2.45, 2.75) is 49.4 Å². The first-order chi connectivity index (χ1) is 22.7. The molecule has 1 heterocycles. The maximum absolute atomic E-state index is 13.0. The highest BCUT2D eigenvalue weighted by atomic mass is 35.5. The van der Waals surface area contributed by atoms with Crippen LogP contribution in [-0.2, 0) is 15.1 Å². The van der Waals surface area contributed by atoms with Gasteiger partial charge in [-0.3, -0.25) is 14.4 Å². The van der Waals surface area contributed by atoms with Crippen LogP contribution in [0.3, 0.4) is 0 Å². The second-order valence-corrected chi connectivity index (χ2v) is 12.8. The van der Waals surface area contributed by atoms with Gasteiger partial charge in [-0.2, -0.15) is 28.1 Å². The summed E-state index contributed by atoms with van der Waals surface area (Å²) in [5.41, 5.74) is 4.70. The Balaban J connectivity index is 1.10. The van der Waals surface area contributed by atoms with Gasteiger partial charge in [-0.15, -0.1) is 6.58 Å². The number of primary amides is 1. The van der Waals surface area contributed by atoms with Gasteiger partial charge in [0.05, 0.1) is 11.0 Å². The molecule has 252 valence electrons. The predicted octanol–water partition coefficient (Wildman–Crippen LogP) is 4.37. The van der Waals surface area contributed by atoms with Gasteiger partial charge in [-0.25, -0.2) is 0 Å². The van der Waals surface area contributed by atoms with Crippen LogP contribution in [0.4, 0.5) is 30.8 Å². The van der Waals surface area contributed by atoms with Gasteiger partial charge in [0.15, 0.2) is 6.61 Å². The number of alkyl halides is 3. The van der Waals surface area contributed by atoms with Gasteiger partial charge in [0.2, 0.25) is 23.7 Å². The number of nitrogens with two attached hydrogens (primary N) is 1. The highest BCUT2D eigenvalue weighted by Gasteiger charge is 2.62. The number of anilines is 3. The van der Waals surface area contributed by atoms with Crippen molar-refractivity contribution >= 4 is 46.9 Å². The van der Waals surface area contributed by atoms with Crippen molar-refractivity contribution in [2.75, 3.05) is 23.8 Å². The smallest absolute Gasteiger partial charge is 0.422 e. The minimum Gasteiger partial charge on any atom is -0.454 e. The fourth-order valence-corrected chi connectivity index (χ4v) is 5.62. The second-order valence-electron chi connectivity index (χ2n) is 12.4. The van der Waals surface area contributed by atoms with Crippen LogP contribution in [0.1, 0.15) is 48.0 Å². The summed E-state index contributed by atoms with van der Waals surface area (Å²) < 4.78 is 43.5. The van der Waals surface area contributed by atoms with E-state index in [1.807, 2.05) is 12.1 Å². The van der Waals surface area contributed by atoms with Crippen LogP contribution in [0.2, 0.25) is 5.02 Å². The molecule has 0 unspecified atom stereocenters. The van der Waals surface area contributed by atoms with Crippen LogP contribution in [0.25, 0.3) is 0 Å². The maximum atomic E-state index is 13.0. The number of carbonyl (C=O) groups excluding carboxylic acids is 3. The predicted molar refractivity (Wildman–Crippen MR) is 169 cm³/mol. The third kappa shape index (κ3) is 7.15. The maximum Gasteiger partial charge on any atom is 0.422 e. The molecular weight excluding hydrogens is 653 g/mol. The SMILES string of the molecule is C=C[C@@H]1C[C@]1(NC(=O)C1(CNC(=O)c2ccc(Nc3nc(NC4(c5ccc(Cl)cc5)CC4)nc(OCC(F)(F)F)n3)cc2)CC1)C(N)=O. The van der Waals surface area contributed by atoms with Crippen molar-refractivity contribution in [1.82, 2.24) is 25.6 Å². The Hall–Kier alpha value is -4.92. The average molecular weight is 685 g/mol. The summed E-state index contributed by atoms with van der Waals surface area (Å²) >= 11 is 6.02. The Labute approximate surface area is 278 Å². The number of benzene rings is 2. The van der Waals surface area contributed by atoms with E-state index in [-0.39, 0.29) is 30.3 Å². The molecule has 2 aromatic carbocycles. The van der Waals surface area contributed by atoms with Crippen molar-refractivity contribution < 1.29 is 32.3 Å². The van der Waals surface area contributed by atoms with Gasteiger partial charge in [0, 0.05) is 28.7 Å². The molecule has 3 amide bonds. The molecule has 6 rings (SSSR count). The molecule has 0 aliphatic heterocycles. The normalized spacial score (nSPS) is 21.3. The largest absolute Gasteiger partial charge is 0.454 e. The summed E-state index contributed by atoms with van der Waals surface area (Å²) in [4.78, 5) is 50.3. The molecule has 3 fully saturated rings. The Morgan fingerprint density at radius 1 is 1.00 bits per heavy atom. The molecule has 1 aromatic heterocycles. The lowest BCUT2D eigenvalue weighted by Gasteiger charge is -2.21. The van der Waals surface area contributed by atoms with E-state index < -0.39 is 47.1 Å². The summed E-state index contributed by atoms with van der Waals surface area (Å²) in [6.45, 7) is 2.16. The van der Waals surface area contributed by atoms with Crippen LogP contribution in [0.15, 0.2) is 61.2 Å². The van der Waals surface area contributed by atoms with E-state index in [2.05, 4.69) is 42.8 Å². The van der Waals surface area contributed by atoms with Crippen LogP contribution < -0.4 is 31.7 Å². The number of hydrogen-bond acceptors (Lipinski definition) is 9. The molecular formula is C32H32ClF3N8O4. The Morgan fingerprint density at radius 2 is 1.67 bits per heavy atom. The van der Waals surface area contributed by atoms with E-state index in [0.29, 0.717) is 35.5 Å². The van der Waals surface area contributed by atoms with Crippen molar-refractivity contribution in [3.63, 3.8) is 0 Å². The van der Waals surface area contributed by atoms with Gasteiger partial charge in [0.1, 0.15) is 5.54 Å². The molecule has 3 aromatic rings. The number of ether oxygens (including phenoxy) is 1. The second kappa shape index (κ2) is 12.3. The van der Waals surface area contributed by atoms with Crippen LogP contribution in [-0.4, -0.2) is 57.5 Å². The van der Waals surface area contributed by atoms with E-state index in [0.717, 1.165) is 18.4 Å². The molecule has 16 heteroatoms. The van der Waals surface area contributed by atoms with Gasteiger partial charge >= 0.3 is 12.2 Å². The number of amides is 3. The lowest BCUT2D eigenvalue weighted by atomic mass is 10.0. The third-order valence-electron chi connectivity index (χ3n) is 8.88. The number of aromatic nitrogens is 3. The first kappa shape index (κ1) is 33.0. The average Bonchev–Trinajstić information content (AvgIpc) is 3.95. The molecule has 0 bridgehead atoms. The first-order valence-electron chi connectivity index (χ1n) is 15.2. The number of halogens is 4. The van der Waals surface area contributed by atoms with E-state index in [4.69, 9.17) is 22.1 Å². The topological polar surface area (TPSA) is 173 Å². The minimum atomic E-state index is -4.61. The molecule has 3 aliphatic carbocycles. The van der Waals surface area contributed by atoms with Gasteiger partial charge in [-0.1, -0.05) is 29.8 Å². The number of rotatable bonds is 14. The molecule has 3 aliphatic rings. The zero-order chi connectivity index (χ0) is 34.3. The van der Waals surface area contributed by atoms with Crippen LogP contribution in [0.5, 0.6) is 6.01 Å². The van der Waals surface area contributed by atoms with Gasteiger partial charge in [-0.05, 0) is 74.1 Å². The summed E-state index contributed by atoms with van der Waals surface area (Å²) in [5.74, 6) is -1.68. The Bertz CT molecular complexity index is 1750. The Kier molecular flexibility index (Phi) is 8.43. The molecule has 0 spiro atoms. The summed E-state index contributed by atoms with van der Waals surface area (Å²) in [7, 11) is 0. The van der Waals surface area contributed by atoms with E-state index in [9.17, 15) is 27.6 Å². The van der Waals surface area contributed by atoms with Crippen molar-refractivity contribution in [1.29, 1.82) is 0 Å². The van der Waals surface area contributed by atoms with Gasteiger partial charge < -0.3 is 31.7 Å². The standard InChI is InChI=1S/C32H32ClF3N8O4/c1-2-19-15-31(19,24(37)46)43-25(47)29(11-12-29)16-38-23(45)18-3-9-22(10-4-18)39-26-40-27(42-28(41-26)48-17-32(34,35)36)44-30(13-14-30)20-5-7-21(33)8-6-20/h2-10,19H,1,11-17H2,(H2,37,46)(H,38,45)(H,43,47)(H2,39,40,41,42,44)/t19-,31-/m1/s1. The first-order valence-corrected chi connectivity index (χ1v) is 15.5. The molecule has 3 saturated carbocycles. The van der Waals surface area contributed by atoms with Crippen molar-refractivity contribution in [3.05, 3.63) is 77.3 Å². The zero-order valence-corrected chi connectivity index (χ0v) is 26.3. The Morgan fingerprint density at radius 3 is 2.23 bits per heavy atom. The molecule has 6 N–H and O–H groups in total. The monoisotopic (exact) mass is 684 g/mol. The highest BCUT2D eigenvalue weighted by Crippen LogP contribution is 2.50. The van der Waals surface area contributed by atoms with Crippen molar-refractivity contribution in [2.24, 2.45) is 17.1 Å². The molecule has 0 saturated heterocycles. The lowest BCUT2D eigenvalue weighted by Crippen LogP contribution is -2.52. The third-order valence-corrected chi connectivity index (χ3v) is 9.13. The number of nitrogens with one attached hydrogen (secondary N) is 4. The fraction of sp³-hybridized carbons (Fsp3) is 0.375. The fourth-order valence-electron chi connectivity index (χ4n) is 5.49. The summed E-state index contributed by atoms with van der Waals surface area (Å²) in [6, 6.07) is 12.9. The highest BCUT2D eigenvalue weighted by molar-refractivity contribution is 6.30. The number of carbonyl (C=O) groups is 3. The minimum absolute atomic E-state index is 0.00890. The van der Waals surface area contributed by atoms with Gasteiger partial charge in [0.25, 0.3) is 5.91 Å². The van der Waals surface area contributed by atoms with Crippen LogP contribution in [0, 0.1) is 11.3 Å². The van der Waals surface area contributed by atoms with E-state index in [1.165, 1.54) is 12.1 Å². The molecule has 48 heavy (non-hydrogen) atoms. The molecule has 2 atom stereocenters. The number of nitrogens with zero attached hydrogens (tertiary/aromatic N) is 3. The molecule has 0 radical (unpaired) electrons. The summed E-state index contributed by atoms with van der Waals surface area (Å²) in [6.07, 6.45) is -0.0430. The van der Waals surface area contributed by atoms with E-state index >= 15 is 0 Å². The van der Waals surface area contributed by atoms with Crippen molar-refractivity contribution in [3.8, 4) is 6.01 Å². The lowest BCUT2D eigenvalue weighted by molar-refractivity contribution is -0.154. The zero-order valence-electron chi connectivity index (χ0n) is 25.5. The quantitative estimate of drug-likeness (QED) is 0.155. The number of hydrogen-bond donors (Lipinski definition) is 5. The molecule has 12 nitrogen and oxygen atoms in total.